The van der Waals surface area contributed by atoms with E-state index in [9.17, 15) is 0 Å². The molecule has 108 valence electrons. The Hall–Kier alpha value is -2.01. The highest BCUT2D eigenvalue weighted by atomic mass is 79.9. The number of rotatable bonds is 2. The van der Waals surface area contributed by atoms with Gasteiger partial charge >= 0.3 is 0 Å². The Labute approximate surface area is 132 Å². The molecule has 0 amide bonds. The van der Waals surface area contributed by atoms with Gasteiger partial charge in [0.25, 0.3) is 0 Å². The molecular formula is C16H16BrN3O. The van der Waals surface area contributed by atoms with Gasteiger partial charge in [-0.1, -0.05) is 18.2 Å². The van der Waals surface area contributed by atoms with Crippen LogP contribution >= 0.6 is 15.9 Å². The molecule has 0 bridgehead atoms. The number of hydrogen-bond acceptors (Lipinski definition) is 3. The third-order valence-electron chi connectivity index (χ3n) is 3.55. The summed E-state index contributed by atoms with van der Waals surface area (Å²) in [7, 11) is 0. The van der Waals surface area contributed by atoms with Crippen molar-refractivity contribution >= 4 is 27.5 Å². The summed E-state index contributed by atoms with van der Waals surface area (Å²) >= 11 is 3.58. The first-order valence-electron chi connectivity index (χ1n) is 6.75. The average molecular weight is 346 g/mol. The van der Waals surface area contributed by atoms with Gasteiger partial charge in [0.2, 0.25) is 0 Å². The van der Waals surface area contributed by atoms with E-state index in [4.69, 9.17) is 15.9 Å². The number of benzene rings is 2. The second-order valence-electron chi connectivity index (χ2n) is 4.96. The fourth-order valence-corrected chi connectivity index (χ4v) is 3.09. The molecular weight excluding hydrogens is 330 g/mol. The summed E-state index contributed by atoms with van der Waals surface area (Å²) in [6, 6.07) is 13.9. The number of para-hydroxylation sites is 1. The highest BCUT2D eigenvalue weighted by Gasteiger charge is 2.17. The monoisotopic (exact) mass is 345 g/mol. The van der Waals surface area contributed by atoms with Crippen molar-refractivity contribution in [2.24, 2.45) is 5.73 Å². The van der Waals surface area contributed by atoms with E-state index in [0.717, 1.165) is 34.6 Å². The molecule has 0 unspecified atom stereocenters. The van der Waals surface area contributed by atoms with Crippen LogP contribution in [-0.2, 0) is 6.54 Å². The van der Waals surface area contributed by atoms with Crippen molar-refractivity contribution in [1.29, 1.82) is 5.41 Å². The Morgan fingerprint density at radius 3 is 2.81 bits per heavy atom. The van der Waals surface area contributed by atoms with E-state index in [1.165, 1.54) is 5.56 Å². The molecule has 3 N–H and O–H groups in total. The summed E-state index contributed by atoms with van der Waals surface area (Å²) in [5, 5.41) is 7.50. The number of anilines is 1. The average Bonchev–Trinajstić information content (AvgIpc) is 2.69. The van der Waals surface area contributed by atoms with Crippen molar-refractivity contribution in [2.75, 3.05) is 18.1 Å². The van der Waals surface area contributed by atoms with Crippen LogP contribution in [0.15, 0.2) is 46.9 Å². The number of nitrogens with one attached hydrogen (secondary N) is 1. The van der Waals surface area contributed by atoms with E-state index < -0.39 is 0 Å². The predicted octanol–water partition coefficient (Wildman–Crippen LogP) is 3.13. The number of nitrogen functional groups attached to an aromatic ring is 1. The maximum Gasteiger partial charge on any atom is 0.124 e. The van der Waals surface area contributed by atoms with E-state index in [0.29, 0.717) is 6.61 Å². The van der Waals surface area contributed by atoms with Gasteiger partial charge in [0.1, 0.15) is 18.2 Å². The number of fused-ring (bicyclic) bond motifs is 1. The Balaban J connectivity index is 1.92. The van der Waals surface area contributed by atoms with E-state index in [1.54, 1.807) is 0 Å². The Morgan fingerprint density at radius 2 is 2.05 bits per heavy atom. The summed E-state index contributed by atoms with van der Waals surface area (Å²) in [5.41, 5.74) is 8.51. The lowest BCUT2D eigenvalue weighted by Crippen LogP contribution is -2.25. The van der Waals surface area contributed by atoms with Crippen LogP contribution in [0.5, 0.6) is 5.75 Å². The first kappa shape index (κ1) is 13.9. The van der Waals surface area contributed by atoms with Gasteiger partial charge in [0.05, 0.1) is 12.2 Å². The SMILES string of the molecule is N=C(N)c1ccc(N2CCOc3ccccc3C2)c(Br)c1. The highest BCUT2D eigenvalue weighted by molar-refractivity contribution is 9.10. The first-order valence-corrected chi connectivity index (χ1v) is 7.54. The Bertz CT molecular complexity index is 687. The zero-order chi connectivity index (χ0) is 14.8. The summed E-state index contributed by atoms with van der Waals surface area (Å²) in [4.78, 5) is 2.26. The maximum absolute atomic E-state index is 7.50. The maximum atomic E-state index is 7.50. The molecule has 0 saturated carbocycles. The fourth-order valence-electron chi connectivity index (χ4n) is 2.46. The number of ether oxygens (including phenoxy) is 1. The third kappa shape index (κ3) is 2.88. The van der Waals surface area contributed by atoms with Gasteiger partial charge in [-0.2, -0.15) is 0 Å². The Kier molecular flexibility index (Phi) is 3.84. The van der Waals surface area contributed by atoms with Crippen molar-refractivity contribution < 1.29 is 4.74 Å². The molecule has 1 aliphatic heterocycles. The van der Waals surface area contributed by atoms with E-state index in [2.05, 4.69) is 26.9 Å². The minimum atomic E-state index is 0.0757. The quantitative estimate of drug-likeness (QED) is 0.649. The van der Waals surface area contributed by atoms with Gasteiger partial charge in [-0.25, -0.2) is 0 Å². The fraction of sp³-hybridized carbons (Fsp3) is 0.188. The van der Waals surface area contributed by atoms with Crippen LogP contribution in [0.1, 0.15) is 11.1 Å². The normalized spacial score (nSPS) is 14.0. The van der Waals surface area contributed by atoms with Crippen LogP contribution in [0.2, 0.25) is 0 Å². The number of hydrogen-bond donors (Lipinski definition) is 2. The summed E-state index contributed by atoms with van der Waals surface area (Å²) in [6.45, 7) is 2.26. The van der Waals surface area contributed by atoms with Gasteiger partial charge in [-0.05, 0) is 40.2 Å². The van der Waals surface area contributed by atoms with Crippen molar-refractivity contribution in [3.8, 4) is 5.75 Å². The molecule has 0 aromatic heterocycles. The van der Waals surface area contributed by atoms with Gasteiger partial charge in [0, 0.05) is 22.1 Å². The molecule has 0 atom stereocenters. The van der Waals surface area contributed by atoms with Crippen molar-refractivity contribution in [3.63, 3.8) is 0 Å². The van der Waals surface area contributed by atoms with Crippen molar-refractivity contribution in [3.05, 3.63) is 58.1 Å². The first-order chi connectivity index (χ1) is 10.1. The molecule has 0 radical (unpaired) electrons. The molecule has 0 spiro atoms. The number of nitrogens with zero attached hydrogens (tertiary/aromatic N) is 1. The molecule has 1 aliphatic rings. The number of amidine groups is 1. The second kappa shape index (κ2) is 5.77. The molecule has 21 heavy (non-hydrogen) atoms. The smallest absolute Gasteiger partial charge is 0.124 e. The number of halogens is 1. The summed E-state index contributed by atoms with van der Waals surface area (Å²) in [5.74, 6) is 1.03. The van der Waals surface area contributed by atoms with E-state index >= 15 is 0 Å². The predicted molar refractivity (Wildman–Crippen MR) is 88.1 cm³/mol. The van der Waals surface area contributed by atoms with Gasteiger partial charge < -0.3 is 15.4 Å². The van der Waals surface area contributed by atoms with Gasteiger partial charge in [-0.3, -0.25) is 5.41 Å². The van der Waals surface area contributed by atoms with Crippen molar-refractivity contribution in [1.82, 2.24) is 0 Å². The van der Waals surface area contributed by atoms with Crippen LogP contribution in [0.4, 0.5) is 5.69 Å². The van der Waals surface area contributed by atoms with Crippen LogP contribution in [0.25, 0.3) is 0 Å². The minimum Gasteiger partial charge on any atom is -0.491 e. The third-order valence-corrected chi connectivity index (χ3v) is 4.19. The van der Waals surface area contributed by atoms with Crippen LogP contribution in [-0.4, -0.2) is 19.0 Å². The van der Waals surface area contributed by atoms with E-state index in [-0.39, 0.29) is 5.84 Å². The lowest BCUT2D eigenvalue weighted by Gasteiger charge is -2.23. The Morgan fingerprint density at radius 1 is 1.24 bits per heavy atom. The van der Waals surface area contributed by atoms with Crippen LogP contribution in [0, 0.1) is 5.41 Å². The molecule has 4 nitrogen and oxygen atoms in total. The number of nitrogens with two attached hydrogens (primary N) is 1. The molecule has 5 heteroatoms. The molecule has 3 rings (SSSR count). The minimum absolute atomic E-state index is 0.0757. The van der Waals surface area contributed by atoms with Gasteiger partial charge in [0.15, 0.2) is 0 Å². The van der Waals surface area contributed by atoms with Crippen LogP contribution < -0.4 is 15.4 Å². The summed E-state index contributed by atoms with van der Waals surface area (Å²) < 4.78 is 6.73. The largest absolute Gasteiger partial charge is 0.491 e. The van der Waals surface area contributed by atoms with Crippen LogP contribution in [0.3, 0.4) is 0 Å². The van der Waals surface area contributed by atoms with Crippen molar-refractivity contribution in [2.45, 2.75) is 6.54 Å². The molecule has 1 heterocycles. The molecule has 0 saturated heterocycles. The molecule has 2 aromatic rings. The van der Waals surface area contributed by atoms with Gasteiger partial charge in [-0.15, -0.1) is 0 Å². The second-order valence-corrected chi connectivity index (χ2v) is 5.81. The molecule has 2 aromatic carbocycles. The zero-order valence-corrected chi connectivity index (χ0v) is 13.1. The lowest BCUT2D eigenvalue weighted by molar-refractivity contribution is 0.331. The topological polar surface area (TPSA) is 62.3 Å². The highest BCUT2D eigenvalue weighted by Crippen LogP contribution is 2.31. The molecule has 0 fully saturated rings. The zero-order valence-electron chi connectivity index (χ0n) is 11.5. The summed E-state index contributed by atoms with van der Waals surface area (Å²) in [6.07, 6.45) is 0. The molecule has 0 aliphatic carbocycles. The standard InChI is InChI=1S/C16H16BrN3O/c17-13-9-11(16(18)19)5-6-14(13)20-7-8-21-15-4-2-1-3-12(15)10-20/h1-6,9H,7-8,10H2,(H3,18,19). The lowest BCUT2D eigenvalue weighted by atomic mass is 10.1. The van der Waals surface area contributed by atoms with E-state index in [1.807, 2.05) is 36.4 Å².